The van der Waals surface area contributed by atoms with E-state index >= 15 is 0 Å². The van der Waals surface area contributed by atoms with Crippen LogP contribution in [0.1, 0.15) is 85.5 Å². The van der Waals surface area contributed by atoms with Crippen LogP contribution in [0.25, 0.3) is 0 Å². The van der Waals surface area contributed by atoms with Crippen LogP contribution in [-0.2, 0) is 4.79 Å². The Hall–Kier alpha value is -0.330. The van der Waals surface area contributed by atoms with Gasteiger partial charge in [-0.15, -0.1) is 0 Å². The Morgan fingerprint density at radius 2 is 1.65 bits per heavy atom. The summed E-state index contributed by atoms with van der Waals surface area (Å²) in [7, 11) is 0. The fraction of sp³-hybridized carbons (Fsp3) is 0.955. The third-order valence-corrected chi connectivity index (χ3v) is 9.36. The second kappa shape index (κ2) is 5.33. The van der Waals surface area contributed by atoms with Gasteiger partial charge in [-0.25, -0.2) is 0 Å². The number of fused-ring (bicyclic) bond motifs is 5. The van der Waals surface area contributed by atoms with Gasteiger partial charge in [0.05, 0.1) is 0 Å². The van der Waals surface area contributed by atoms with Gasteiger partial charge in [-0.2, -0.15) is 0 Å². The lowest BCUT2D eigenvalue weighted by atomic mass is 9.44. The van der Waals surface area contributed by atoms with E-state index in [0.29, 0.717) is 22.5 Å². The lowest BCUT2D eigenvalue weighted by Gasteiger charge is -2.60. The largest absolute Gasteiger partial charge is 0.300 e. The highest BCUT2D eigenvalue weighted by Crippen LogP contribution is 2.67. The fourth-order valence-electron chi connectivity index (χ4n) is 8.18. The van der Waals surface area contributed by atoms with Gasteiger partial charge in [-0.1, -0.05) is 27.7 Å². The molecule has 4 rings (SSSR count). The molecule has 0 aromatic heterocycles. The molecule has 0 N–H and O–H groups in total. The van der Waals surface area contributed by atoms with Crippen LogP contribution in [0.15, 0.2) is 0 Å². The average Bonchev–Trinajstić information content (AvgIpc) is 2.85. The molecule has 0 radical (unpaired) electrons. The molecule has 4 saturated carbocycles. The smallest absolute Gasteiger partial charge is 0.133 e. The molecule has 0 saturated heterocycles. The number of ketones is 1. The van der Waals surface area contributed by atoms with E-state index in [0.717, 1.165) is 42.4 Å². The Morgan fingerprint density at radius 1 is 0.913 bits per heavy atom. The maximum absolute atomic E-state index is 12.0. The first-order valence-corrected chi connectivity index (χ1v) is 10.4. The zero-order valence-electron chi connectivity index (χ0n) is 15.7. The maximum atomic E-state index is 12.0. The van der Waals surface area contributed by atoms with Crippen LogP contribution in [-0.4, -0.2) is 5.78 Å². The molecule has 23 heavy (non-hydrogen) atoms. The van der Waals surface area contributed by atoms with Crippen LogP contribution >= 0.6 is 0 Å². The molecule has 1 nitrogen and oxygen atoms in total. The molecule has 0 bridgehead atoms. The SMILES string of the molecule is CC(C)[C@H]1CC[C@H]2[C@@H]3CCC4CC(=O)CC[C@]4(C)[C@H]3CC[C@]12C. The molecule has 0 spiro atoms. The molecule has 1 unspecified atom stereocenters. The van der Waals surface area contributed by atoms with Crippen molar-refractivity contribution in [2.45, 2.75) is 85.5 Å². The average molecular weight is 317 g/mol. The minimum atomic E-state index is 0.480. The van der Waals surface area contributed by atoms with Gasteiger partial charge in [0.2, 0.25) is 0 Å². The first-order valence-electron chi connectivity index (χ1n) is 10.4. The van der Waals surface area contributed by atoms with Crippen molar-refractivity contribution in [3.63, 3.8) is 0 Å². The van der Waals surface area contributed by atoms with Crippen molar-refractivity contribution in [2.75, 3.05) is 0 Å². The zero-order valence-corrected chi connectivity index (χ0v) is 15.7. The summed E-state index contributed by atoms with van der Waals surface area (Å²) in [4.78, 5) is 12.0. The molecule has 7 atom stereocenters. The summed E-state index contributed by atoms with van der Waals surface area (Å²) in [5.74, 6) is 5.91. The highest BCUT2D eigenvalue weighted by molar-refractivity contribution is 5.79. The van der Waals surface area contributed by atoms with Crippen molar-refractivity contribution in [2.24, 2.45) is 46.3 Å². The van der Waals surface area contributed by atoms with Crippen LogP contribution in [0.3, 0.4) is 0 Å². The van der Waals surface area contributed by atoms with E-state index in [-0.39, 0.29) is 0 Å². The predicted octanol–water partition coefficient (Wildman–Crippen LogP) is 5.87. The predicted molar refractivity (Wildman–Crippen MR) is 95.1 cm³/mol. The maximum Gasteiger partial charge on any atom is 0.133 e. The van der Waals surface area contributed by atoms with Crippen molar-refractivity contribution in [3.8, 4) is 0 Å². The highest BCUT2D eigenvalue weighted by atomic mass is 16.1. The van der Waals surface area contributed by atoms with Gasteiger partial charge < -0.3 is 0 Å². The minimum Gasteiger partial charge on any atom is -0.300 e. The summed E-state index contributed by atoms with van der Waals surface area (Å²) in [5.41, 5.74) is 1.09. The molecule has 0 heterocycles. The fourth-order valence-corrected chi connectivity index (χ4v) is 8.18. The number of carbonyl (C=O) groups excluding carboxylic acids is 1. The molecule has 0 aromatic carbocycles. The number of carbonyl (C=O) groups is 1. The summed E-state index contributed by atoms with van der Waals surface area (Å²) < 4.78 is 0. The van der Waals surface area contributed by atoms with E-state index in [4.69, 9.17) is 0 Å². The first-order chi connectivity index (χ1) is 10.9. The number of hydrogen-bond donors (Lipinski definition) is 0. The van der Waals surface area contributed by atoms with E-state index in [1.165, 1.54) is 44.9 Å². The van der Waals surface area contributed by atoms with E-state index in [9.17, 15) is 4.79 Å². The third kappa shape index (κ3) is 2.20. The molecule has 4 aliphatic carbocycles. The van der Waals surface area contributed by atoms with Crippen LogP contribution in [0.4, 0.5) is 0 Å². The molecular weight excluding hydrogens is 280 g/mol. The number of Topliss-reactive ketones (excluding diaryl/α,β-unsaturated/α-hetero) is 1. The Kier molecular flexibility index (Phi) is 3.75. The quantitative estimate of drug-likeness (QED) is 0.591. The summed E-state index contributed by atoms with van der Waals surface area (Å²) >= 11 is 0. The van der Waals surface area contributed by atoms with Crippen molar-refractivity contribution in [1.29, 1.82) is 0 Å². The van der Waals surface area contributed by atoms with E-state index in [1.807, 2.05) is 0 Å². The van der Waals surface area contributed by atoms with E-state index in [2.05, 4.69) is 27.7 Å². The van der Waals surface area contributed by atoms with Gasteiger partial charge in [-0.05, 0) is 91.3 Å². The van der Waals surface area contributed by atoms with Gasteiger partial charge in [0.25, 0.3) is 0 Å². The summed E-state index contributed by atoms with van der Waals surface area (Å²) in [6.07, 6.45) is 11.6. The second-order valence-electron chi connectivity index (χ2n) is 10.4. The monoisotopic (exact) mass is 316 g/mol. The van der Waals surface area contributed by atoms with E-state index < -0.39 is 0 Å². The molecule has 0 aliphatic heterocycles. The standard InChI is InChI=1S/C22H36O/c1-14(2)18-7-8-19-17-6-5-15-13-16(23)9-11-21(15,3)20(17)10-12-22(18,19)4/h14-15,17-20H,5-13H2,1-4H3/t15?,17-,18+,19-,20-,21-,22+/m0/s1. The molecule has 4 fully saturated rings. The van der Waals surface area contributed by atoms with Crippen molar-refractivity contribution in [3.05, 3.63) is 0 Å². The third-order valence-electron chi connectivity index (χ3n) is 9.36. The lowest BCUT2D eigenvalue weighted by Crippen LogP contribution is -2.53. The lowest BCUT2D eigenvalue weighted by molar-refractivity contribution is -0.140. The van der Waals surface area contributed by atoms with Gasteiger partial charge in [-0.3, -0.25) is 4.79 Å². The van der Waals surface area contributed by atoms with E-state index in [1.54, 1.807) is 0 Å². The van der Waals surface area contributed by atoms with Gasteiger partial charge in [0.1, 0.15) is 5.78 Å². The normalized spacial score (nSPS) is 52.9. The Balaban J connectivity index is 1.61. The highest BCUT2D eigenvalue weighted by Gasteiger charge is 2.60. The Morgan fingerprint density at radius 3 is 2.39 bits per heavy atom. The summed E-state index contributed by atoms with van der Waals surface area (Å²) in [5, 5.41) is 0. The molecule has 0 aromatic rings. The summed E-state index contributed by atoms with van der Waals surface area (Å²) in [6.45, 7) is 10.1. The van der Waals surface area contributed by atoms with Crippen molar-refractivity contribution >= 4 is 5.78 Å². The zero-order chi connectivity index (χ0) is 16.4. The van der Waals surface area contributed by atoms with Crippen molar-refractivity contribution < 1.29 is 4.79 Å². The second-order valence-corrected chi connectivity index (χ2v) is 10.4. The molecule has 4 aliphatic rings. The van der Waals surface area contributed by atoms with Crippen molar-refractivity contribution in [1.82, 2.24) is 0 Å². The van der Waals surface area contributed by atoms with Crippen LogP contribution in [0, 0.1) is 46.3 Å². The Bertz CT molecular complexity index is 494. The number of hydrogen-bond acceptors (Lipinski definition) is 1. The molecular formula is C22H36O. The molecule has 130 valence electrons. The van der Waals surface area contributed by atoms with Gasteiger partial charge >= 0.3 is 0 Å². The van der Waals surface area contributed by atoms with Crippen LogP contribution < -0.4 is 0 Å². The minimum absolute atomic E-state index is 0.480. The molecule has 0 amide bonds. The Labute approximate surface area is 143 Å². The summed E-state index contributed by atoms with van der Waals surface area (Å²) in [6, 6.07) is 0. The topological polar surface area (TPSA) is 17.1 Å². The number of rotatable bonds is 1. The molecule has 1 heteroatoms. The van der Waals surface area contributed by atoms with Crippen LogP contribution in [0.2, 0.25) is 0 Å². The first kappa shape index (κ1) is 16.2. The van der Waals surface area contributed by atoms with Gasteiger partial charge in [0, 0.05) is 12.8 Å². The van der Waals surface area contributed by atoms with Crippen LogP contribution in [0.5, 0.6) is 0 Å². The van der Waals surface area contributed by atoms with Gasteiger partial charge in [0.15, 0.2) is 0 Å².